The lowest BCUT2D eigenvalue weighted by atomic mass is 10.1. The first-order valence-corrected chi connectivity index (χ1v) is 9.20. The topological polar surface area (TPSA) is 78.0 Å². The Hall–Kier alpha value is -2.02. The molecule has 2 heterocycles. The minimum absolute atomic E-state index is 0.323. The number of nitrogens with zero attached hydrogens (tertiary/aromatic N) is 3. The van der Waals surface area contributed by atoms with Crippen molar-refractivity contribution in [2.24, 2.45) is 4.99 Å². The van der Waals surface area contributed by atoms with E-state index in [2.05, 4.69) is 61.6 Å². The van der Waals surface area contributed by atoms with Gasteiger partial charge in [0, 0.05) is 30.4 Å². The molecule has 128 valence electrons. The van der Waals surface area contributed by atoms with Gasteiger partial charge < -0.3 is 10.6 Å². The summed E-state index contributed by atoms with van der Waals surface area (Å²) < 4.78 is 0.323. The number of rotatable bonds is 5. The second-order valence-corrected chi connectivity index (χ2v) is 7.90. The highest BCUT2D eigenvalue weighted by Gasteiger charge is 2.29. The Morgan fingerprint density at radius 2 is 2.33 bits per heavy atom. The van der Waals surface area contributed by atoms with E-state index < -0.39 is 0 Å². The van der Waals surface area contributed by atoms with Crippen molar-refractivity contribution in [1.29, 1.82) is 0 Å². The molecule has 24 heavy (non-hydrogen) atoms. The average molecular weight is 344 g/mol. The molecule has 1 atom stereocenters. The Morgan fingerprint density at radius 1 is 1.42 bits per heavy atom. The van der Waals surface area contributed by atoms with Gasteiger partial charge in [-0.15, -0.1) is 0 Å². The molecule has 1 aliphatic heterocycles. The number of hydrogen-bond donors (Lipinski definition) is 3. The van der Waals surface area contributed by atoms with Crippen molar-refractivity contribution in [3.63, 3.8) is 0 Å². The van der Waals surface area contributed by atoms with Crippen LogP contribution in [0.5, 0.6) is 0 Å². The summed E-state index contributed by atoms with van der Waals surface area (Å²) in [5, 5.41) is 13.6. The van der Waals surface area contributed by atoms with Crippen molar-refractivity contribution >= 4 is 17.7 Å². The van der Waals surface area contributed by atoms with Crippen LogP contribution in [0.4, 0.5) is 0 Å². The van der Waals surface area contributed by atoms with Crippen LogP contribution in [0, 0.1) is 0 Å². The molecule has 3 N–H and O–H groups in total. The third kappa shape index (κ3) is 4.29. The summed E-state index contributed by atoms with van der Waals surface area (Å²) in [6, 6.07) is 8.25. The van der Waals surface area contributed by atoms with Crippen molar-refractivity contribution in [2.45, 2.75) is 31.1 Å². The summed E-state index contributed by atoms with van der Waals surface area (Å²) >= 11 is 2.05. The van der Waals surface area contributed by atoms with Crippen LogP contribution < -0.4 is 10.6 Å². The van der Waals surface area contributed by atoms with Crippen LogP contribution >= 0.6 is 11.8 Å². The highest BCUT2D eigenvalue weighted by molar-refractivity contribution is 8.00. The first-order chi connectivity index (χ1) is 11.7. The summed E-state index contributed by atoms with van der Waals surface area (Å²) in [5.74, 6) is 2.89. The number of nitrogens with one attached hydrogen (secondary N) is 3. The van der Waals surface area contributed by atoms with Gasteiger partial charge in [0.05, 0.1) is 0 Å². The predicted octanol–water partition coefficient (Wildman–Crippen LogP) is 2.42. The second-order valence-electron chi connectivity index (χ2n) is 6.22. The molecule has 1 saturated heterocycles. The van der Waals surface area contributed by atoms with E-state index in [1.807, 2.05) is 19.2 Å². The summed E-state index contributed by atoms with van der Waals surface area (Å²) in [4.78, 5) is 8.52. The Morgan fingerprint density at radius 3 is 3.04 bits per heavy atom. The Kier molecular flexibility index (Phi) is 5.40. The third-order valence-electron chi connectivity index (χ3n) is 4.23. The fourth-order valence-electron chi connectivity index (χ4n) is 2.83. The minimum Gasteiger partial charge on any atom is -0.355 e. The molecule has 7 heteroatoms. The minimum atomic E-state index is 0.323. The lowest BCUT2D eigenvalue weighted by Gasteiger charge is -2.24. The quantitative estimate of drug-likeness (QED) is 0.573. The van der Waals surface area contributed by atoms with Crippen LogP contribution in [0.1, 0.15) is 25.3 Å². The van der Waals surface area contributed by atoms with Gasteiger partial charge >= 0.3 is 0 Å². The number of thioether (sulfide) groups is 1. The number of aromatic nitrogens is 3. The molecule has 1 unspecified atom stereocenters. The predicted molar refractivity (Wildman–Crippen MR) is 100 cm³/mol. The number of aliphatic imine (C=N–C) groups is 1. The molecule has 6 nitrogen and oxygen atoms in total. The number of guanidine groups is 1. The fourth-order valence-corrected chi connectivity index (χ4v) is 4.07. The van der Waals surface area contributed by atoms with Gasteiger partial charge in [0.1, 0.15) is 6.33 Å². The summed E-state index contributed by atoms with van der Waals surface area (Å²) in [6.45, 7) is 3.98. The lowest BCUT2D eigenvalue weighted by molar-refractivity contribution is 0.584. The van der Waals surface area contributed by atoms with E-state index in [0.29, 0.717) is 11.3 Å². The average Bonchev–Trinajstić information content (AvgIpc) is 3.27. The molecule has 1 aliphatic rings. The van der Waals surface area contributed by atoms with Crippen molar-refractivity contribution in [3.8, 4) is 11.4 Å². The maximum Gasteiger partial charge on any atom is 0.191 e. The number of aromatic amines is 1. The molecule has 0 saturated carbocycles. The van der Waals surface area contributed by atoms with Crippen LogP contribution in [0.2, 0.25) is 0 Å². The van der Waals surface area contributed by atoms with Gasteiger partial charge in [0.25, 0.3) is 0 Å². The first-order valence-electron chi connectivity index (χ1n) is 8.22. The maximum atomic E-state index is 4.32. The van der Waals surface area contributed by atoms with Gasteiger partial charge in [-0.2, -0.15) is 16.9 Å². The van der Waals surface area contributed by atoms with E-state index >= 15 is 0 Å². The zero-order valence-corrected chi connectivity index (χ0v) is 15.0. The Bertz CT molecular complexity index is 676. The van der Waals surface area contributed by atoms with E-state index in [9.17, 15) is 0 Å². The van der Waals surface area contributed by atoms with Gasteiger partial charge in [0.2, 0.25) is 0 Å². The fraction of sp³-hybridized carbons (Fsp3) is 0.471. The smallest absolute Gasteiger partial charge is 0.191 e. The molecule has 2 aromatic rings. The van der Waals surface area contributed by atoms with Gasteiger partial charge in [-0.05, 0) is 37.1 Å². The molecule has 1 fully saturated rings. The van der Waals surface area contributed by atoms with Gasteiger partial charge in [-0.25, -0.2) is 4.98 Å². The Labute approximate surface area is 147 Å². The first kappa shape index (κ1) is 16.8. The van der Waals surface area contributed by atoms with E-state index in [4.69, 9.17) is 0 Å². The van der Waals surface area contributed by atoms with Crippen LogP contribution in [0.15, 0.2) is 35.6 Å². The van der Waals surface area contributed by atoms with Crippen LogP contribution in [0.3, 0.4) is 0 Å². The van der Waals surface area contributed by atoms with Crippen molar-refractivity contribution < 1.29 is 0 Å². The molecule has 0 bridgehead atoms. The van der Waals surface area contributed by atoms with E-state index in [1.54, 1.807) is 0 Å². The monoisotopic (exact) mass is 344 g/mol. The normalized spacial score (nSPS) is 21.0. The molecule has 1 aromatic heterocycles. The lowest BCUT2D eigenvalue weighted by Crippen LogP contribution is -2.43. The molecule has 0 aliphatic carbocycles. The molecule has 1 aromatic carbocycles. The largest absolute Gasteiger partial charge is 0.355 e. The van der Waals surface area contributed by atoms with Crippen LogP contribution in [0.25, 0.3) is 11.4 Å². The molecule has 0 amide bonds. The van der Waals surface area contributed by atoms with E-state index in [1.165, 1.54) is 30.5 Å². The number of hydrogen-bond acceptors (Lipinski definition) is 4. The highest BCUT2D eigenvalue weighted by atomic mass is 32.2. The molecule has 0 radical (unpaired) electrons. The van der Waals surface area contributed by atoms with Gasteiger partial charge in [-0.3, -0.25) is 10.1 Å². The van der Waals surface area contributed by atoms with E-state index in [0.717, 1.165) is 23.9 Å². The van der Waals surface area contributed by atoms with Crippen molar-refractivity contribution in [1.82, 2.24) is 25.8 Å². The molecular formula is C17H24N6S. The standard InChI is InChI=1S/C17H24N6S/c1-17(7-4-8-24-17)11-20-16(18-2)19-10-13-5-3-6-14(9-13)15-21-12-22-23-15/h3,5-6,9,12H,4,7-8,10-11H2,1-2H3,(H2,18,19,20)(H,21,22,23). The highest BCUT2D eigenvalue weighted by Crippen LogP contribution is 2.36. The Balaban J connectivity index is 1.55. The summed E-state index contributed by atoms with van der Waals surface area (Å²) in [5.41, 5.74) is 2.21. The molecular weight excluding hydrogens is 320 g/mol. The van der Waals surface area contributed by atoms with Gasteiger partial charge in [-0.1, -0.05) is 18.2 Å². The maximum absolute atomic E-state index is 4.32. The summed E-state index contributed by atoms with van der Waals surface area (Å²) in [6.07, 6.45) is 4.10. The van der Waals surface area contributed by atoms with Crippen molar-refractivity contribution in [2.75, 3.05) is 19.3 Å². The molecule has 0 spiro atoms. The summed E-state index contributed by atoms with van der Waals surface area (Å²) in [7, 11) is 1.81. The third-order valence-corrected chi connectivity index (χ3v) is 5.77. The number of H-pyrrole nitrogens is 1. The van der Waals surface area contributed by atoms with Crippen LogP contribution in [-0.4, -0.2) is 45.2 Å². The zero-order valence-electron chi connectivity index (χ0n) is 14.2. The zero-order chi connectivity index (χ0) is 16.8. The second kappa shape index (κ2) is 7.70. The molecule has 3 rings (SSSR count). The van der Waals surface area contributed by atoms with E-state index in [-0.39, 0.29) is 0 Å². The van der Waals surface area contributed by atoms with Gasteiger partial charge in [0.15, 0.2) is 11.8 Å². The SMILES string of the molecule is CN=C(NCc1cccc(-c2ncn[nH]2)c1)NCC1(C)CCCS1. The van der Waals surface area contributed by atoms with Crippen molar-refractivity contribution in [3.05, 3.63) is 36.2 Å². The number of benzene rings is 1. The van der Waals surface area contributed by atoms with Crippen LogP contribution in [-0.2, 0) is 6.54 Å².